The molecule has 20 heavy (non-hydrogen) atoms. The fourth-order valence-corrected chi connectivity index (χ4v) is 3.64. The van der Waals surface area contributed by atoms with Gasteiger partial charge in [0, 0.05) is 23.8 Å². The molecule has 1 amide bonds. The van der Waals surface area contributed by atoms with Gasteiger partial charge in [-0.05, 0) is 38.4 Å². The van der Waals surface area contributed by atoms with Crippen molar-refractivity contribution in [2.45, 2.75) is 38.3 Å². The Kier molecular flexibility index (Phi) is 3.61. The van der Waals surface area contributed by atoms with Crippen molar-refractivity contribution in [3.63, 3.8) is 0 Å². The molecule has 0 radical (unpaired) electrons. The Morgan fingerprint density at radius 2 is 2.30 bits per heavy atom. The molecule has 2 aliphatic heterocycles. The van der Waals surface area contributed by atoms with Crippen LogP contribution in [-0.4, -0.2) is 25.5 Å². The second-order valence-corrected chi connectivity index (χ2v) is 5.91. The average molecular weight is 294 g/mol. The van der Waals surface area contributed by atoms with E-state index in [1.807, 2.05) is 12.1 Å². The quantitative estimate of drug-likeness (QED) is 0.900. The van der Waals surface area contributed by atoms with Crippen LogP contribution < -0.4 is 15.5 Å². The smallest absolute Gasteiger partial charge is 0.246 e. The van der Waals surface area contributed by atoms with Gasteiger partial charge in [0.2, 0.25) is 5.91 Å². The van der Waals surface area contributed by atoms with Crippen LogP contribution in [0.25, 0.3) is 0 Å². The maximum Gasteiger partial charge on any atom is 0.246 e. The number of hydrogen-bond donors (Lipinski definition) is 2. The van der Waals surface area contributed by atoms with Gasteiger partial charge in [-0.25, -0.2) is 0 Å². The van der Waals surface area contributed by atoms with Crippen LogP contribution in [0.1, 0.15) is 37.8 Å². The summed E-state index contributed by atoms with van der Waals surface area (Å²) in [5.74, 6) is -0.0100. The molecular formula is C15H20ClN3O. The van der Waals surface area contributed by atoms with Crippen LogP contribution >= 0.6 is 11.6 Å². The van der Waals surface area contributed by atoms with Crippen molar-refractivity contribution in [3.8, 4) is 0 Å². The van der Waals surface area contributed by atoms with Gasteiger partial charge in [-0.15, -0.1) is 0 Å². The molecule has 1 fully saturated rings. The van der Waals surface area contributed by atoms with Crippen LogP contribution in [-0.2, 0) is 4.79 Å². The standard InChI is InChI=1S/C15H20ClN3O/c1-3-9-5-4-6-19(9)13-8-12-10(7-11(13)16)14(17-2)15(20)18-12/h7-9,14,17H,3-6H2,1-2H3,(H,18,20). The number of anilines is 2. The van der Waals surface area contributed by atoms with Crippen LogP contribution in [0.4, 0.5) is 11.4 Å². The van der Waals surface area contributed by atoms with E-state index in [0.29, 0.717) is 6.04 Å². The molecule has 2 N–H and O–H groups in total. The van der Waals surface area contributed by atoms with Crippen LogP contribution in [0.2, 0.25) is 5.02 Å². The summed E-state index contributed by atoms with van der Waals surface area (Å²) in [6, 6.07) is 4.22. The molecule has 0 saturated carbocycles. The number of nitrogens with zero attached hydrogens (tertiary/aromatic N) is 1. The molecule has 2 unspecified atom stereocenters. The molecule has 2 atom stereocenters. The van der Waals surface area contributed by atoms with Crippen molar-refractivity contribution < 1.29 is 4.79 Å². The van der Waals surface area contributed by atoms with E-state index in [0.717, 1.165) is 34.9 Å². The highest BCUT2D eigenvalue weighted by Crippen LogP contribution is 2.41. The van der Waals surface area contributed by atoms with Crippen molar-refractivity contribution in [1.29, 1.82) is 0 Å². The third-order valence-corrected chi connectivity index (χ3v) is 4.70. The van der Waals surface area contributed by atoms with E-state index in [2.05, 4.69) is 22.5 Å². The Morgan fingerprint density at radius 3 is 3.00 bits per heavy atom. The summed E-state index contributed by atoms with van der Waals surface area (Å²) < 4.78 is 0. The third-order valence-electron chi connectivity index (χ3n) is 4.40. The number of hydrogen-bond acceptors (Lipinski definition) is 3. The lowest BCUT2D eigenvalue weighted by Crippen LogP contribution is -2.28. The lowest BCUT2D eigenvalue weighted by Gasteiger charge is -2.27. The van der Waals surface area contributed by atoms with Crippen LogP contribution in [0.15, 0.2) is 12.1 Å². The van der Waals surface area contributed by atoms with E-state index in [1.165, 1.54) is 12.8 Å². The maximum atomic E-state index is 11.9. The Hall–Kier alpha value is -1.26. The number of carbonyl (C=O) groups is 1. The Bertz CT molecular complexity index is 546. The number of amides is 1. The van der Waals surface area contributed by atoms with E-state index < -0.39 is 0 Å². The van der Waals surface area contributed by atoms with Crippen molar-refractivity contribution >= 4 is 28.9 Å². The van der Waals surface area contributed by atoms with E-state index in [9.17, 15) is 4.79 Å². The molecule has 3 rings (SSSR count). The minimum Gasteiger partial charge on any atom is -0.367 e. The molecular weight excluding hydrogens is 274 g/mol. The molecule has 1 aromatic carbocycles. The lowest BCUT2D eigenvalue weighted by atomic mass is 10.1. The topological polar surface area (TPSA) is 44.4 Å². The number of carbonyl (C=O) groups excluding carboxylic acids is 1. The van der Waals surface area contributed by atoms with E-state index >= 15 is 0 Å². The fourth-order valence-electron chi connectivity index (χ4n) is 3.35. The largest absolute Gasteiger partial charge is 0.367 e. The number of nitrogens with one attached hydrogen (secondary N) is 2. The summed E-state index contributed by atoms with van der Waals surface area (Å²) in [5, 5.41) is 6.69. The summed E-state index contributed by atoms with van der Waals surface area (Å²) in [5.41, 5.74) is 2.88. The first-order valence-corrected chi connectivity index (χ1v) is 7.61. The Labute approximate surface area is 124 Å². The van der Waals surface area contributed by atoms with Gasteiger partial charge >= 0.3 is 0 Å². The minimum absolute atomic E-state index is 0.0100. The second-order valence-electron chi connectivity index (χ2n) is 5.50. The van der Waals surface area contributed by atoms with Gasteiger partial charge in [0.25, 0.3) is 0 Å². The third kappa shape index (κ3) is 2.07. The number of halogens is 1. The fraction of sp³-hybridized carbons (Fsp3) is 0.533. The van der Waals surface area contributed by atoms with Crippen LogP contribution in [0.5, 0.6) is 0 Å². The molecule has 2 heterocycles. The van der Waals surface area contributed by atoms with Gasteiger partial charge in [-0.2, -0.15) is 0 Å². The SMILES string of the molecule is CCC1CCCN1c1cc2c(cc1Cl)C(NC)C(=O)N2. The molecule has 1 saturated heterocycles. The van der Waals surface area contributed by atoms with Crippen molar-refractivity contribution in [1.82, 2.24) is 5.32 Å². The van der Waals surface area contributed by atoms with E-state index in [-0.39, 0.29) is 11.9 Å². The number of rotatable bonds is 3. The second kappa shape index (κ2) is 5.26. The van der Waals surface area contributed by atoms with E-state index in [4.69, 9.17) is 11.6 Å². The number of likely N-dealkylation sites (N-methyl/N-ethyl adjacent to an activating group) is 1. The normalized spacial score (nSPS) is 24.9. The molecule has 4 nitrogen and oxygen atoms in total. The Morgan fingerprint density at radius 1 is 1.50 bits per heavy atom. The molecule has 0 aromatic heterocycles. The van der Waals surface area contributed by atoms with Gasteiger partial charge < -0.3 is 15.5 Å². The first kappa shape index (κ1) is 13.7. The molecule has 1 aromatic rings. The van der Waals surface area contributed by atoms with Gasteiger partial charge in [0.1, 0.15) is 6.04 Å². The highest BCUT2D eigenvalue weighted by molar-refractivity contribution is 6.33. The molecule has 2 aliphatic rings. The van der Waals surface area contributed by atoms with Crippen LogP contribution in [0, 0.1) is 0 Å². The van der Waals surface area contributed by atoms with Crippen molar-refractivity contribution in [2.24, 2.45) is 0 Å². The van der Waals surface area contributed by atoms with Crippen molar-refractivity contribution in [3.05, 3.63) is 22.7 Å². The van der Waals surface area contributed by atoms with Gasteiger partial charge in [0.15, 0.2) is 0 Å². The zero-order valence-electron chi connectivity index (χ0n) is 11.9. The minimum atomic E-state index is -0.294. The first-order valence-electron chi connectivity index (χ1n) is 7.24. The number of benzene rings is 1. The monoisotopic (exact) mass is 293 g/mol. The molecule has 0 bridgehead atoms. The summed E-state index contributed by atoms with van der Waals surface area (Å²) >= 11 is 6.47. The zero-order chi connectivity index (χ0) is 14.3. The highest BCUT2D eigenvalue weighted by atomic mass is 35.5. The highest BCUT2D eigenvalue weighted by Gasteiger charge is 2.32. The molecule has 108 valence electrons. The van der Waals surface area contributed by atoms with Gasteiger partial charge in [0.05, 0.1) is 10.7 Å². The molecule has 0 spiro atoms. The van der Waals surface area contributed by atoms with Gasteiger partial charge in [-0.1, -0.05) is 18.5 Å². The summed E-state index contributed by atoms with van der Waals surface area (Å²) in [4.78, 5) is 14.3. The first-order chi connectivity index (χ1) is 9.65. The summed E-state index contributed by atoms with van der Waals surface area (Å²) in [7, 11) is 1.79. The summed E-state index contributed by atoms with van der Waals surface area (Å²) in [6.07, 6.45) is 3.55. The predicted molar refractivity (Wildman–Crippen MR) is 82.5 cm³/mol. The molecule has 5 heteroatoms. The van der Waals surface area contributed by atoms with Gasteiger partial charge in [-0.3, -0.25) is 4.79 Å². The Balaban J connectivity index is 1.99. The predicted octanol–water partition coefficient (Wildman–Crippen LogP) is 2.93. The maximum absolute atomic E-state index is 11.9. The van der Waals surface area contributed by atoms with Crippen LogP contribution in [0.3, 0.4) is 0 Å². The van der Waals surface area contributed by atoms with Crippen molar-refractivity contribution in [2.75, 3.05) is 23.8 Å². The van der Waals surface area contributed by atoms with E-state index in [1.54, 1.807) is 7.05 Å². The average Bonchev–Trinajstić information content (AvgIpc) is 3.00. The number of fused-ring (bicyclic) bond motifs is 1. The zero-order valence-corrected chi connectivity index (χ0v) is 12.6. The summed E-state index contributed by atoms with van der Waals surface area (Å²) in [6.45, 7) is 3.25. The molecule has 0 aliphatic carbocycles. The lowest BCUT2D eigenvalue weighted by molar-refractivity contribution is -0.117.